The lowest BCUT2D eigenvalue weighted by molar-refractivity contribution is -0.137. The van der Waals surface area contributed by atoms with Gasteiger partial charge in [-0.2, -0.15) is 23.4 Å². The number of carboxylic acid groups (broad SMARTS) is 1. The predicted octanol–water partition coefficient (Wildman–Crippen LogP) is 4.64. The largest absolute Gasteiger partial charge is 0.465 e. The number of hydrogen-bond donors (Lipinski definition) is 3. The van der Waals surface area contributed by atoms with E-state index in [4.69, 9.17) is 11.6 Å². The van der Waals surface area contributed by atoms with Crippen LogP contribution in [-0.4, -0.2) is 63.2 Å². The molecular formula is C23H22ClF3N10O2. The first-order valence-electron chi connectivity index (χ1n) is 11.8. The number of nitrogens with zero attached hydrogens (tertiary/aromatic N) is 8. The van der Waals surface area contributed by atoms with Gasteiger partial charge in [-0.15, -0.1) is 0 Å². The first-order chi connectivity index (χ1) is 18.6. The average Bonchev–Trinajstić information content (AvgIpc) is 3.53. The summed E-state index contributed by atoms with van der Waals surface area (Å²) in [5.74, 6) is 0.200. The summed E-state index contributed by atoms with van der Waals surface area (Å²) in [6.07, 6.45) is 4.45. The van der Waals surface area contributed by atoms with Crippen molar-refractivity contribution < 1.29 is 23.1 Å². The molecule has 39 heavy (non-hydrogen) atoms. The van der Waals surface area contributed by atoms with Crippen LogP contribution in [0.2, 0.25) is 5.02 Å². The Morgan fingerprint density at radius 1 is 1.13 bits per heavy atom. The molecule has 12 nitrogen and oxygen atoms in total. The van der Waals surface area contributed by atoms with Crippen molar-refractivity contribution in [3.8, 4) is 22.6 Å². The number of aromatic amines is 1. The van der Waals surface area contributed by atoms with E-state index in [1.165, 1.54) is 23.5 Å². The van der Waals surface area contributed by atoms with E-state index in [-0.39, 0.29) is 34.6 Å². The molecule has 1 amide bonds. The van der Waals surface area contributed by atoms with Gasteiger partial charge in [0.1, 0.15) is 17.0 Å². The molecule has 204 valence electrons. The fourth-order valence-electron chi connectivity index (χ4n) is 4.53. The highest BCUT2D eigenvalue weighted by Gasteiger charge is 2.37. The van der Waals surface area contributed by atoms with Gasteiger partial charge in [-0.25, -0.2) is 19.7 Å². The van der Waals surface area contributed by atoms with Crippen molar-refractivity contribution in [2.75, 3.05) is 10.2 Å². The monoisotopic (exact) mass is 562 g/mol. The van der Waals surface area contributed by atoms with Crippen molar-refractivity contribution in [1.82, 2.24) is 39.9 Å². The highest BCUT2D eigenvalue weighted by molar-refractivity contribution is 6.32. The van der Waals surface area contributed by atoms with Gasteiger partial charge in [-0.1, -0.05) is 11.6 Å². The van der Waals surface area contributed by atoms with Crippen LogP contribution in [-0.2, 0) is 13.2 Å². The van der Waals surface area contributed by atoms with Crippen molar-refractivity contribution in [1.29, 1.82) is 0 Å². The van der Waals surface area contributed by atoms with Gasteiger partial charge in [0.25, 0.3) is 0 Å². The topological polar surface area (TPSA) is 151 Å². The Kier molecular flexibility index (Phi) is 7.08. The number of aromatic nitrogens is 8. The van der Waals surface area contributed by atoms with Crippen LogP contribution >= 0.6 is 11.6 Å². The lowest BCUT2D eigenvalue weighted by atomic mass is 9.90. The first kappa shape index (κ1) is 26.3. The smallest absolute Gasteiger partial charge is 0.420 e. The molecule has 0 spiro atoms. The molecule has 4 heterocycles. The summed E-state index contributed by atoms with van der Waals surface area (Å²) < 4.78 is 42.3. The third kappa shape index (κ3) is 5.62. The number of anilines is 2. The second-order valence-corrected chi connectivity index (χ2v) is 9.41. The van der Waals surface area contributed by atoms with Crippen molar-refractivity contribution in [2.24, 2.45) is 7.05 Å². The Balaban J connectivity index is 1.28. The SMILES string of the molecule is Cn1cc(-c2cnc(N(C(=O)O)[C@H]3CC[C@H](Nc4ncc(C(F)(F)F)c(-c5n[nH]cc5Cl)n4)CC3)cn2)cn1. The Bertz CT molecular complexity index is 1470. The molecule has 1 saturated carbocycles. The van der Waals surface area contributed by atoms with Crippen LogP contribution in [0.1, 0.15) is 31.2 Å². The van der Waals surface area contributed by atoms with Crippen molar-refractivity contribution in [3.63, 3.8) is 0 Å². The molecule has 0 aromatic carbocycles. The fourth-order valence-corrected chi connectivity index (χ4v) is 4.71. The number of amides is 1. The summed E-state index contributed by atoms with van der Waals surface area (Å²) in [7, 11) is 1.78. The third-order valence-electron chi connectivity index (χ3n) is 6.40. The maximum atomic E-state index is 13.5. The first-order valence-corrected chi connectivity index (χ1v) is 12.2. The molecule has 16 heteroatoms. The number of rotatable bonds is 6. The van der Waals surface area contributed by atoms with E-state index in [0.717, 1.165) is 5.56 Å². The molecule has 0 saturated heterocycles. The highest BCUT2D eigenvalue weighted by atomic mass is 35.5. The van der Waals surface area contributed by atoms with Crippen molar-refractivity contribution in [2.45, 2.75) is 43.9 Å². The molecule has 1 fully saturated rings. The minimum Gasteiger partial charge on any atom is -0.465 e. The number of nitrogens with one attached hydrogen (secondary N) is 2. The van der Waals surface area contributed by atoms with Gasteiger partial charge in [0.05, 0.1) is 29.3 Å². The van der Waals surface area contributed by atoms with Gasteiger partial charge < -0.3 is 10.4 Å². The molecule has 3 N–H and O–H groups in total. The molecule has 0 aliphatic heterocycles. The van der Waals surface area contributed by atoms with E-state index in [0.29, 0.717) is 37.6 Å². The minimum absolute atomic E-state index is 0.00372. The van der Waals surface area contributed by atoms with Crippen LogP contribution in [0.5, 0.6) is 0 Å². The van der Waals surface area contributed by atoms with Gasteiger partial charge >= 0.3 is 12.3 Å². The fraction of sp³-hybridized carbons (Fsp3) is 0.348. The van der Waals surface area contributed by atoms with Gasteiger partial charge in [-0.3, -0.25) is 19.7 Å². The number of alkyl halides is 3. The summed E-state index contributed by atoms with van der Waals surface area (Å²) >= 11 is 6.00. The van der Waals surface area contributed by atoms with Crippen LogP contribution in [0.15, 0.2) is 37.2 Å². The van der Waals surface area contributed by atoms with Crippen LogP contribution in [0.25, 0.3) is 22.6 Å². The highest BCUT2D eigenvalue weighted by Crippen LogP contribution is 2.38. The van der Waals surface area contributed by atoms with Crippen LogP contribution in [0, 0.1) is 0 Å². The molecule has 1 aliphatic carbocycles. The van der Waals surface area contributed by atoms with Crippen LogP contribution < -0.4 is 10.2 Å². The maximum Gasteiger partial charge on any atom is 0.420 e. The zero-order valence-corrected chi connectivity index (χ0v) is 21.1. The summed E-state index contributed by atoms with van der Waals surface area (Å²) in [6, 6.07) is -0.541. The van der Waals surface area contributed by atoms with Crippen molar-refractivity contribution >= 4 is 29.5 Å². The molecule has 5 rings (SSSR count). The lowest BCUT2D eigenvalue weighted by Gasteiger charge is -2.34. The summed E-state index contributed by atoms with van der Waals surface area (Å²) in [5, 5.41) is 23.3. The summed E-state index contributed by atoms with van der Waals surface area (Å²) in [6.45, 7) is 0. The van der Waals surface area contributed by atoms with E-state index >= 15 is 0 Å². The number of H-pyrrole nitrogens is 1. The molecule has 1 aliphatic rings. The maximum absolute atomic E-state index is 13.5. The standard InChI is InChI=1S/C23H22ClF3N10O2/c1-36-11-12(6-32-36)17-9-29-18(10-28-17)37(22(38)39)14-4-2-13(3-5-14)33-21-30-7-15(23(25,26)27)19(34-21)20-16(24)8-31-35-20/h6-11,13-14H,2-5H2,1H3,(H,31,35)(H,38,39)(H,30,33,34)/t13-,14-. The number of hydrogen-bond acceptors (Lipinski definition) is 8. The lowest BCUT2D eigenvalue weighted by Crippen LogP contribution is -2.44. The van der Waals surface area contributed by atoms with Crippen LogP contribution in [0.4, 0.5) is 29.7 Å². The molecule has 0 atom stereocenters. The average molecular weight is 563 g/mol. The quantitative estimate of drug-likeness (QED) is 0.305. The van der Waals surface area contributed by atoms with Gasteiger partial charge in [-0.05, 0) is 25.7 Å². The van der Waals surface area contributed by atoms with Crippen LogP contribution in [0.3, 0.4) is 0 Å². The van der Waals surface area contributed by atoms with Gasteiger partial charge in [0, 0.05) is 43.3 Å². The zero-order valence-electron chi connectivity index (χ0n) is 20.4. The van der Waals surface area contributed by atoms with Crippen molar-refractivity contribution in [3.05, 3.63) is 47.8 Å². The molecule has 0 bridgehead atoms. The van der Waals surface area contributed by atoms with E-state index in [9.17, 15) is 23.1 Å². The third-order valence-corrected chi connectivity index (χ3v) is 6.69. The minimum atomic E-state index is -4.70. The van der Waals surface area contributed by atoms with Gasteiger partial charge in [0.2, 0.25) is 5.95 Å². The Morgan fingerprint density at radius 2 is 1.90 bits per heavy atom. The molecular weight excluding hydrogens is 541 g/mol. The molecule has 4 aromatic heterocycles. The predicted molar refractivity (Wildman–Crippen MR) is 134 cm³/mol. The van der Waals surface area contributed by atoms with E-state index in [1.54, 1.807) is 24.1 Å². The Morgan fingerprint density at radius 3 is 2.46 bits per heavy atom. The number of halogens is 4. The molecule has 0 unspecified atom stereocenters. The second-order valence-electron chi connectivity index (χ2n) is 9.00. The van der Waals surface area contributed by atoms with E-state index < -0.39 is 23.5 Å². The molecule has 4 aromatic rings. The summed E-state index contributed by atoms with van der Waals surface area (Å²) in [4.78, 5) is 29.9. The molecule has 0 radical (unpaired) electrons. The van der Waals surface area contributed by atoms with Gasteiger partial charge in [0.15, 0.2) is 5.82 Å². The van der Waals surface area contributed by atoms with E-state index in [1.807, 2.05) is 0 Å². The normalized spacial score (nSPS) is 17.7. The summed E-state index contributed by atoms with van der Waals surface area (Å²) in [5.41, 5.74) is -0.306. The number of carbonyl (C=O) groups is 1. The Hall–Kier alpha value is -4.27. The van der Waals surface area contributed by atoms with E-state index in [2.05, 4.69) is 40.5 Å². The second kappa shape index (κ2) is 10.5. The number of aryl methyl sites for hydroxylation is 1. The Labute approximate surface area is 224 Å². The zero-order chi connectivity index (χ0) is 27.7.